The van der Waals surface area contributed by atoms with Gasteiger partial charge in [-0.3, -0.25) is 0 Å². The molecule has 0 saturated heterocycles. The number of aryl methyl sites for hydroxylation is 2. The lowest BCUT2D eigenvalue weighted by atomic mass is 10.2. The molecule has 0 radical (unpaired) electrons. The van der Waals surface area contributed by atoms with Gasteiger partial charge in [0, 0.05) is 6.20 Å². The van der Waals surface area contributed by atoms with Crippen LogP contribution in [0.5, 0.6) is 5.75 Å². The first-order chi connectivity index (χ1) is 9.20. The number of aromatic nitrogens is 3. The monoisotopic (exact) mass is 253 g/mol. The van der Waals surface area contributed by atoms with Crippen LogP contribution < -0.4 is 4.74 Å². The van der Waals surface area contributed by atoms with Crippen LogP contribution in [0.3, 0.4) is 0 Å². The van der Waals surface area contributed by atoms with E-state index in [-0.39, 0.29) is 0 Å². The number of hydrogen-bond donors (Lipinski definition) is 0. The Morgan fingerprint density at radius 1 is 1.11 bits per heavy atom. The maximum absolute atomic E-state index is 5.69. The molecule has 0 fully saturated rings. The molecule has 0 spiro atoms. The van der Waals surface area contributed by atoms with Crippen molar-refractivity contribution in [2.24, 2.45) is 0 Å². The van der Waals surface area contributed by atoms with Gasteiger partial charge in [-0.25, -0.2) is 9.50 Å². The largest absolute Gasteiger partial charge is 0.486 e. The molecule has 2 aromatic heterocycles. The highest BCUT2D eigenvalue weighted by molar-refractivity contribution is 5.38. The standard InChI is InChI=1S/C15H15N3O/c1-11-4-3-5-13(8-11)19-10-14-16-15-7-6-12(2)9-18(15)17-14/h3-9H,10H2,1-2H3. The summed E-state index contributed by atoms with van der Waals surface area (Å²) in [4.78, 5) is 4.42. The Balaban J connectivity index is 1.78. The number of benzene rings is 1. The summed E-state index contributed by atoms with van der Waals surface area (Å²) in [6.07, 6.45) is 1.96. The van der Waals surface area contributed by atoms with Crippen molar-refractivity contribution in [2.45, 2.75) is 20.5 Å². The zero-order chi connectivity index (χ0) is 13.2. The fourth-order valence-electron chi connectivity index (χ4n) is 1.95. The molecule has 0 unspecified atom stereocenters. The van der Waals surface area contributed by atoms with E-state index in [1.807, 2.05) is 56.4 Å². The third-order valence-electron chi connectivity index (χ3n) is 2.88. The number of rotatable bonds is 3. The molecule has 0 atom stereocenters. The molecule has 0 saturated carbocycles. The summed E-state index contributed by atoms with van der Waals surface area (Å²) in [5, 5.41) is 4.39. The summed E-state index contributed by atoms with van der Waals surface area (Å²) in [5.41, 5.74) is 3.17. The van der Waals surface area contributed by atoms with Gasteiger partial charge in [-0.1, -0.05) is 18.2 Å². The average Bonchev–Trinajstić information content (AvgIpc) is 2.78. The number of fused-ring (bicyclic) bond motifs is 1. The second-order valence-electron chi connectivity index (χ2n) is 4.64. The van der Waals surface area contributed by atoms with E-state index in [0.717, 1.165) is 17.0 Å². The quantitative estimate of drug-likeness (QED) is 0.720. The molecule has 0 bridgehead atoms. The SMILES string of the molecule is Cc1cccc(OCc2nc3ccc(C)cn3n2)c1. The van der Waals surface area contributed by atoms with Crippen LogP contribution >= 0.6 is 0 Å². The zero-order valence-corrected chi connectivity index (χ0v) is 11.0. The Labute approximate surface area is 111 Å². The molecular formula is C15H15N3O. The minimum absolute atomic E-state index is 0.379. The average molecular weight is 253 g/mol. The molecule has 4 nitrogen and oxygen atoms in total. The van der Waals surface area contributed by atoms with E-state index in [1.54, 1.807) is 4.52 Å². The molecular weight excluding hydrogens is 238 g/mol. The van der Waals surface area contributed by atoms with Crippen LogP contribution in [0.25, 0.3) is 5.65 Å². The molecule has 19 heavy (non-hydrogen) atoms. The molecule has 4 heteroatoms. The first-order valence-corrected chi connectivity index (χ1v) is 6.22. The fraction of sp³-hybridized carbons (Fsp3) is 0.200. The summed E-state index contributed by atoms with van der Waals surface area (Å²) >= 11 is 0. The molecule has 96 valence electrons. The summed E-state index contributed by atoms with van der Waals surface area (Å²) in [7, 11) is 0. The van der Waals surface area contributed by atoms with Crippen LogP contribution in [0.15, 0.2) is 42.6 Å². The summed E-state index contributed by atoms with van der Waals surface area (Å²) < 4.78 is 7.48. The highest BCUT2D eigenvalue weighted by Gasteiger charge is 2.04. The number of pyridine rings is 1. The number of nitrogens with zero attached hydrogens (tertiary/aromatic N) is 3. The number of ether oxygens (including phenoxy) is 1. The molecule has 0 aliphatic rings. The predicted octanol–water partition coefficient (Wildman–Crippen LogP) is 2.93. The van der Waals surface area contributed by atoms with Crippen molar-refractivity contribution >= 4 is 5.65 Å². The zero-order valence-electron chi connectivity index (χ0n) is 11.0. The summed E-state index contributed by atoms with van der Waals surface area (Å²) in [5.74, 6) is 1.53. The van der Waals surface area contributed by atoms with Crippen molar-refractivity contribution in [3.05, 3.63) is 59.5 Å². The first kappa shape index (κ1) is 11.7. The van der Waals surface area contributed by atoms with Crippen LogP contribution in [0.2, 0.25) is 0 Å². The normalized spacial score (nSPS) is 10.8. The van der Waals surface area contributed by atoms with Crippen LogP contribution in [-0.4, -0.2) is 14.6 Å². The molecule has 1 aromatic carbocycles. The molecule has 0 aliphatic heterocycles. The lowest BCUT2D eigenvalue weighted by Gasteiger charge is -2.03. The molecule has 0 N–H and O–H groups in total. The summed E-state index contributed by atoms with van der Waals surface area (Å²) in [6, 6.07) is 11.9. The Hall–Kier alpha value is -2.36. The van der Waals surface area contributed by atoms with Crippen molar-refractivity contribution < 1.29 is 4.74 Å². The Bertz CT molecular complexity index is 718. The molecule has 2 heterocycles. The van der Waals surface area contributed by atoms with E-state index in [1.165, 1.54) is 5.56 Å². The van der Waals surface area contributed by atoms with E-state index < -0.39 is 0 Å². The third-order valence-corrected chi connectivity index (χ3v) is 2.88. The Morgan fingerprint density at radius 2 is 2.00 bits per heavy atom. The highest BCUT2D eigenvalue weighted by atomic mass is 16.5. The predicted molar refractivity (Wildman–Crippen MR) is 73.2 cm³/mol. The Morgan fingerprint density at radius 3 is 2.84 bits per heavy atom. The van der Waals surface area contributed by atoms with Crippen molar-refractivity contribution in [2.75, 3.05) is 0 Å². The van der Waals surface area contributed by atoms with Gasteiger partial charge in [0.2, 0.25) is 0 Å². The first-order valence-electron chi connectivity index (χ1n) is 6.22. The van der Waals surface area contributed by atoms with Gasteiger partial charge in [0.1, 0.15) is 12.4 Å². The van der Waals surface area contributed by atoms with Crippen molar-refractivity contribution in [3.8, 4) is 5.75 Å². The van der Waals surface area contributed by atoms with Crippen molar-refractivity contribution in [1.29, 1.82) is 0 Å². The van der Waals surface area contributed by atoms with Gasteiger partial charge < -0.3 is 4.74 Å². The Kier molecular flexibility index (Phi) is 2.91. The van der Waals surface area contributed by atoms with Gasteiger partial charge in [-0.05, 0) is 43.2 Å². The summed E-state index contributed by atoms with van der Waals surface area (Å²) in [6.45, 7) is 4.45. The van der Waals surface area contributed by atoms with E-state index in [0.29, 0.717) is 12.4 Å². The smallest absolute Gasteiger partial charge is 0.189 e. The van der Waals surface area contributed by atoms with E-state index in [9.17, 15) is 0 Å². The maximum Gasteiger partial charge on any atom is 0.189 e. The minimum atomic E-state index is 0.379. The molecule has 3 rings (SSSR count). The van der Waals surface area contributed by atoms with Gasteiger partial charge >= 0.3 is 0 Å². The van der Waals surface area contributed by atoms with E-state index in [2.05, 4.69) is 10.1 Å². The van der Waals surface area contributed by atoms with Crippen molar-refractivity contribution in [1.82, 2.24) is 14.6 Å². The fourth-order valence-corrected chi connectivity index (χ4v) is 1.95. The lowest BCUT2D eigenvalue weighted by molar-refractivity contribution is 0.296. The van der Waals surface area contributed by atoms with Gasteiger partial charge in [-0.2, -0.15) is 0 Å². The minimum Gasteiger partial charge on any atom is -0.486 e. The second-order valence-corrected chi connectivity index (χ2v) is 4.64. The van der Waals surface area contributed by atoms with Gasteiger partial charge in [0.05, 0.1) is 0 Å². The van der Waals surface area contributed by atoms with Crippen LogP contribution in [0.4, 0.5) is 0 Å². The topological polar surface area (TPSA) is 39.4 Å². The van der Waals surface area contributed by atoms with Crippen molar-refractivity contribution in [3.63, 3.8) is 0 Å². The maximum atomic E-state index is 5.69. The van der Waals surface area contributed by atoms with Crippen LogP contribution in [0, 0.1) is 13.8 Å². The van der Waals surface area contributed by atoms with Gasteiger partial charge in [0.15, 0.2) is 11.5 Å². The van der Waals surface area contributed by atoms with Crippen LogP contribution in [0.1, 0.15) is 17.0 Å². The lowest BCUT2D eigenvalue weighted by Crippen LogP contribution is -1.98. The number of hydrogen-bond acceptors (Lipinski definition) is 3. The van der Waals surface area contributed by atoms with Gasteiger partial charge in [-0.15, -0.1) is 5.10 Å². The van der Waals surface area contributed by atoms with Crippen LogP contribution in [-0.2, 0) is 6.61 Å². The van der Waals surface area contributed by atoms with Gasteiger partial charge in [0.25, 0.3) is 0 Å². The van der Waals surface area contributed by atoms with E-state index in [4.69, 9.17) is 4.74 Å². The molecule has 3 aromatic rings. The third kappa shape index (κ3) is 2.57. The second kappa shape index (κ2) is 4.72. The highest BCUT2D eigenvalue weighted by Crippen LogP contribution is 2.14. The van der Waals surface area contributed by atoms with E-state index >= 15 is 0 Å². The molecule has 0 aliphatic carbocycles. The molecule has 0 amide bonds.